The Morgan fingerprint density at radius 3 is 2.25 bits per heavy atom. The van der Waals surface area contributed by atoms with E-state index in [1.165, 1.54) is 25.7 Å². The molecule has 0 amide bonds. The number of hydrogen-bond donors (Lipinski definition) is 1. The molecule has 120 valence electrons. The number of sulfone groups is 1. The Labute approximate surface area is 125 Å². The highest BCUT2D eigenvalue weighted by molar-refractivity contribution is 7.91. The molecular weight excluding hydrogens is 270 g/mol. The molecule has 1 aliphatic rings. The van der Waals surface area contributed by atoms with E-state index in [9.17, 15) is 8.42 Å². The van der Waals surface area contributed by atoms with Crippen LogP contribution >= 0.6 is 0 Å². The van der Waals surface area contributed by atoms with Crippen molar-refractivity contribution in [3.63, 3.8) is 0 Å². The molecule has 0 aromatic heterocycles. The largest absolute Gasteiger partial charge is 0.312 e. The zero-order valence-electron chi connectivity index (χ0n) is 13.7. The van der Waals surface area contributed by atoms with E-state index in [-0.39, 0.29) is 11.3 Å². The summed E-state index contributed by atoms with van der Waals surface area (Å²) >= 11 is 0. The van der Waals surface area contributed by atoms with E-state index in [0.717, 1.165) is 25.3 Å². The molecule has 0 bridgehead atoms. The van der Waals surface area contributed by atoms with Crippen LogP contribution in [0.15, 0.2) is 0 Å². The molecule has 1 N–H and O–H groups in total. The van der Waals surface area contributed by atoms with Crippen LogP contribution in [0.5, 0.6) is 0 Å². The summed E-state index contributed by atoms with van der Waals surface area (Å²) in [7, 11) is -2.79. The van der Waals surface area contributed by atoms with Crippen molar-refractivity contribution < 1.29 is 8.42 Å². The van der Waals surface area contributed by atoms with Crippen LogP contribution in [0.4, 0.5) is 0 Å². The van der Waals surface area contributed by atoms with Gasteiger partial charge < -0.3 is 5.32 Å². The fourth-order valence-electron chi connectivity index (χ4n) is 3.08. The summed E-state index contributed by atoms with van der Waals surface area (Å²) in [6, 6.07) is 0. The summed E-state index contributed by atoms with van der Waals surface area (Å²) in [5, 5.41) is 3.62. The molecule has 0 heterocycles. The van der Waals surface area contributed by atoms with Crippen LogP contribution in [0.25, 0.3) is 0 Å². The van der Waals surface area contributed by atoms with E-state index >= 15 is 0 Å². The van der Waals surface area contributed by atoms with Crippen LogP contribution < -0.4 is 5.32 Å². The van der Waals surface area contributed by atoms with Crippen LogP contribution in [-0.4, -0.2) is 32.0 Å². The maximum Gasteiger partial charge on any atom is 0.150 e. The van der Waals surface area contributed by atoms with Gasteiger partial charge in [0.15, 0.2) is 0 Å². The smallest absolute Gasteiger partial charge is 0.150 e. The Kier molecular flexibility index (Phi) is 6.99. The Balaban J connectivity index is 2.40. The second-order valence-corrected chi connectivity index (χ2v) is 9.79. The van der Waals surface area contributed by atoms with Gasteiger partial charge >= 0.3 is 0 Å². The predicted molar refractivity (Wildman–Crippen MR) is 86.8 cm³/mol. The Morgan fingerprint density at radius 2 is 1.70 bits per heavy atom. The lowest BCUT2D eigenvalue weighted by Gasteiger charge is -2.34. The molecule has 0 aromatic rings. The van der Waals surface area contributed by atoms with Crippen molar-refractivity contribution in [2.24, 2.45) is 11.8 Å². The van der Waals surface area contributed by atoms with Gasteiger partial charge in [-0.25, -0.2) is 8.42 Å². The molecule has 2 atom stereocenters. The van der Waals surface area contributed by atoms with Gasteiger partial charge in [-0.3, -0.25) is 0 Å². The Hall–Kier alpha value is -0.0900. The first-order valence-electron chi connectivity index (χ1n) is 8.19. The van der Waals surface area contributed by atoms with Gasteiger partial charge in [-0.2, -0.15) is 0 Å². The second kappa shape index (κ2) is 7.79. The van der Waals surface area contributed by atoms with Crippen LogP contribution in [-0.2, 0) is 9.84 Å². The fourth-order valence-corrected chi connectivity index (χ4v) is 3.98. The van der Waals surface area contributed by atoms with E-state index in [1.54, 1.807) is 6.92 Å². The van der Waals surface area contributed by atoms with Crippen LogP contribution in [0.3, 0.4) is 0 Å². The quantitative estimate of drug-likeness (QED) is 0.784. The summed E-state index contributed by atoms with van der Waals surface area (Å²) in [6.07, 6.45) is 7.15. The minimum atomic E-state index is -2.79. The molecule has 1 rings (SSSR count). The summed E-state index contributed by atoms with van der Waals surface area (Å²) in [5.74, 6) is 2.10. The van der Waals surface area contributed by atoms with Crippen molar-refractivity contribution in [1.29, 1.82) is 0 Å². The van der Waals surface area contributed by atoms with E-state index in [1.807, 2.05) is 0 Å². The topological polar surface area (TPSA) is 46.2 Å². The summed E-state index contributed by atoms with van der Waals surface area (Å²) in [6.45, 7) is 9.44. The van der Waals surface area contributed by atoms with Crippen LogP contribution in [0.2, 0.25) is 0 Å². The first kappa shape index (κ1) is 18.0. The number of rotatable bonds is 7. The first-order valence-corrected chi connectivity index (χ1v) is 10.0. The summed E-state index contributed by atoms with van der Waals surface area (Å²) < 4.78 is 23.1. The van der Waals surface area contributed by atoms with E-state index in [4.69, 9.17) is 0 Å². The highest BCUT2D eigenvalue weighted by atomic mass is 32.2. The van der Waals surface area contributed by atoms with Crippen molar-refractivity contribution in [2.45, 2.75) is 71.8 Å². The summed E-state index contributed by atoms with van der Waals surface area (Å²) in [4.78, 5) is 0. The van der Waals surface area contributed by atoms with Crippen molar-refractivity contribution in [1.82, 2.24) is 5.32 Å². The lowest BCUT2D eigenvalue weighted by molar-refractivity contribution is 0.203. The second-order valence-electron chi connectivity index (χ2n) is 7.31. The van der Waals surface area contributed by atoms with E-state index in [0.29, 0.717) is 11.7 Å². The van der Waals surface area contributed by atoms with Gasteiger partial charge in [0.25, 0.3) is 0 Å². The molecule has 0 spiro atoms. The van der Waals surface area contributed by atoms with Crippen LogP contribution in [0, 0.1) is 11.8 Å². The highest BCUT2D eigenvalue weighted by Gasteiger charge is 2.26. The first-order chi connectivity index (χ1) is 9.23. The van der Waals surface area contributed by atoms with Crippen molar-refractivity contribution >= 4 is 9.84 Å². The lowest BCUT2D eigenvalue weighted by atomic mass is 9.76. The van der Waals surface area contributed by atoms with Gasteiger partial charge in [-0.15, -0.1) is 0 Å². The Bertz CT molecular complexity index is 370. The third kappa shape index (κ3) is 7.07. The van der Waals surface area contributed by atoms with Crippen LogP contribution in [0.1, 0.15) is 66.2 Å². The minimum absolute atomic E-state index is 0.174. The third-order valence-electron chi connectivity index (χ3n) is 4.43. The summed E-state index contributed by atoms with van der Waals surface area (Å²) in [5.41, 5.74) is 0.174. The van der Waals surface area contributed by atoms with Crippen molar-refractivity contribution in [2.75, 3.05) is 18.1 Å². The zero-order valence-corrected chi connectivity index (χ0v) is 14.6. The zero-order chi connectivity index (χ0) is 15.2. The molecule has 1 saturated carbocycles. The molecule has 0 aromatic carbocycles. The minimum Gasteiger partial charge on any atom is -0.312 e. The molecule has 0 aliphatic heterocycles. The number of hydrogen-bond acceptors (Lipinski definition) is 3. The van der Waals surface area contributed by atoms with Crippen molar-refractivity contribution in [3.05, 3.63) is 0 Å². The van der Waals surface area contributed by atoms with Gasteiger partial charge in [-0.1, -0.05) is 26.2 Å². The third-order valence-corrected chi connectivity index (χ3v) is 6.22. The standard InChI is InChI=1S/C16H33NO2S/c1-5-20(18,19)12-8-11-14-9-6-7-10-15(14)13-17-16(2,3)4/h14-15,17H,5-13H2,1-4H3. The van der Waals surface area contributed by atoms with Gasteiger partial charge in [0.05, 0.1) is 5.75 Å². The fraction of sp³-hybridized carbons (Fsp3) is 1.00. The molecule has 20 heavy (non-hydrogen) atoms. The molecule has 4 heteroatoms. The van der Waals surface area contributed by atoms with Gasteiger partial charge in [0.1, 0.15) is 9.84 Å². The molecule has 0 radical (unpaired) electrons. The maximum absolute atomic E-state index is 11.6. The molecule has 2 unspecified atom stereocenters. The average Bonchev–Trinajstić information content (AvgIpc) is 2.36. The molecular formula is C16H33NO2S. The normalized spacial score (nSPS) is 24.8. The van der Waals surface area contributed by atoms with Gasteiger partial charge in [0.2, 0.25) is 0 Å². The number of nitrogens with one attached hydrogen (secondary N) is 1. The monoisotopic (exact) mass is 303 g/mol. The molecule has 0 saturated heterocycles. The molecule has 1 aliphatic carbocycles. The predicted octanol–water partition coefficient (Wildman–Crippen LogP) is 3.40. The SMILES string of the molecule is CCS(=O)(=O)CCCC1CCCCC1CNC(C)(C)C. The van der Waals surface area contributed by atoms with Gasteiger partial charge in [0, 0.05) is 11.3 Å². The average molecular weight is 304 g/mol. The van der Waals surface area contributed by atoms with Crippen molar-refractivity contribution in [3.8, 4) is 0 Å². The maximum atomic E-state index is 11.6. The van der Waals surface area contributed by atoms with E-state index < -0.39 is 9.84 Å². The Morgan fingerprint density at radius 1 is 1.10 bits per heavy atom. The highest BCUT2D eigenvalue weighted by Crippen LogP contribution is 2.33. The molecule has 1 fully saturated rings. The van der Waals surface area contributed by atoms with Gasteiger partial charge in [-0.05, 0) is 58.4 Å². The molecule has 3 nitrogen and oxygen atoms in total. The lowest BCUT2D eigenvalue weighted by Crippen LogP contribution is -2.41. The van der Waals surface area contributed by atoms with E-state index in [2.05, 4.69) is 26.1 Å².